The smallest absolute Gasteiger partial charge is 0.272 e. The first kappa shape index (κ1) is 15.0. The van der Waals surface area contributed by atoms with Gasteiger partial charge >= 0.3 is 0 Å². The molecule has 2 aromatic rings. The van der Waals surface area contributed by atoms with E-state index in [1.54, 1.807) is 19.1 Å². The van der Waals surface area contributed by atoms with Crippen molar-refractivity contribution in [2.75, 3.05) is 5.32 Å². The lowest BCUT2D eigenvalue weighted by atomic mass is 10.0. The van der Waals surface area contributed by atoms with Gasteiger partial charge in [-0.25, -0.2) is 4.98 Å². The molecule has 1 heterocycles. The molecule has 0 radical (unpaired) electrons. The molecule has 1 atom stereocenters. The molecule has 0 aliphatic carbocycles. The van der Waals surface area contributed by atoms with Gasteiger partial charge in [0.05, 0.1) is 11.0 Å². The number of aromatic amines is 1. The second kappa shape index (κ2) is 5.90. The van der Waals surface area contributed by atoms with Gasteiger partial charge in [0, 0.05) is 17.3 Å². The first-order valence-corrected chi connectivity index (χ1v) is 6.79. The van der Waals surface area contributed by atoms with Crippen LogP contribution >= 0.6 is 0 Å². The van der Waals surface area contributed by atoms with E-state index < -0.39 is 0 Å². The molecule has 1 aromatic carbocycles. The number of nitrogens with one attached hydrogen (secondary N) is 2. The standard InChI is InChI=1S/C14H19N5O2/c1-8(2)13(14-15-10(4)17-18-14)16-11-5-6-12(19(20)21)9(3)7-11/h5-8,13,16H,1-4H3,(H,15,17,18)/t13-/m1/s1. The van der Waals surface area contributed by atoms with Crippen molar-refractivity contribution in [3.8, 4) is 0 Å². The molecule has 0 bridgehead atoms. The van der Waals surface area contributed by atoms with Crippen LogP contribution < -0.4 is 5.32 Å². The van der Waals surface area contributed by atoms with E-state index in [9.17, 15) is 10.1 Å². The summed E-state index contributed by atoms with van der Waals surface area (Å²) in [5.41, 5.74) is 1.56. The summed E-state index contributed by atoms with van der Waals surface area (Å²) in [5, 5.41) is 21.2. The van der Waals surface area contributed by atoms with Crippen molar-refractivity contribution < 1.29 is 4.92 Å². The van der Waals surface area contributed by atoms with Crippen LogP contribution in [-0.2, 0) is 0 Å². The van der Waals surface area contributed by atoms with Crippen LogP contribution in [0.5, 0.6) is 0 Å². The second-order valence-electron chi connectivity index (χ2n) is 5.40. The van der Waals surface area contributed by atoms with Crippen LogP contribution in [0.4, 0.5) is 11.4 Å². The fourth-order valence-corrected chi connectivity index (χ4v) is 2.16. The van der Waals surface area contributed by atoms with Crippen molar-refractivity contribution in [2.24, 2.45) is 5.92 Å². The summed E-state index contributed by atoms with van der Waals surface area (Å²) in [4.78, 5) is 14.8. The molecule has 0 unspecified atom stereocenters. The molecule has 0 saturated heterocycles. The number of nitrogens with zero attached hydrogens (tertiary/aromatic N) is 3. The number of aryl methyl sites for hydroxylation is 2. The SMILES string of the molecule is Cc1nc([C@H](Nc2ccc([N+](=O)[O-])c(C)c2)C(C)C)n[nH]1. The molecule has 21 heavy (non-hydrogen) atoms. The third-order valence-electron chi connectivity index (χ3n) is 3.28. The summed E-state index contributed by atoms with van der Waals surface area (Å²) in [7, 11) is 0. The normalized spacial score (nSPS) is 12.4. The van der Waals surface area contributed by atoms with Gasteiger partial charge in [-0.15, -0.1) is 0 Å². The summed E-state index contributed by atoms with van der Waals surface area (Å²) >= 11 is 0. The highest BCUT2D eigenvalue weighted by molar-refractivity contribution is 5.54. The predicted molar refractivity (Wildman–Crippen MR) is 80.2 cm³/mol. The molecular weight excluding hydrogens is 270 g/mol. The number of hydrogen-bond acceptors (Lipinski definition) is 5. The zero-order valence-electron chi connectivity index (χ0n) is 12.5. The lowest BCUT2D eigenvalue weighted by molar-refractivity contribution is -0.385. The molecule has 0 spiro atoms. The average molecular weight is 289 g/mol. The first-order valence-electron chi connectivity index (χ1n) is 6.79. The zero-order valence-corrected chi connectivity index (χ0v) is 12.5. The Morgan fingerprint density at radius 1 is 1.33 bits per heavy atom. The maximum absolute atomic E-state index is 10.8. The minimum absolute atomic E-state index is 0.0594. The number of hydrogen-bond donors (Lipinski definition) is 2. The van der Waals surface area contributed by atoms with Gasteiger partial charge < -0.3 is 5.32 Å². The highest BCUT2D eigenvalue weighted by Crippen LogP contribution is 2.27. The van der Waals surface area contributed by atoms with E-state index in [0.29, 0.717) is 11.4 Å². The van der Waals surface area contributed by atoms with Crippen molar-refractivity contribution in [3.63, 3.8) is 0 Å². The third kappa shape index (κ3) is 3.36. The van der Waals surface area contributed by atoms with Crippen molar-refractivity contribution in [1.82, 2.24) is 15.2 Å². The van der Waals surface area contributed by atoms with Crippen LogP contribution in [-0.4, -0.2) is 20.1 Å². The van der Waals surface area contributed by atoms with Crippen LogP contribution in [0.15, 0.2) is 18.2 Å². The zero-order chi connectivity index (χ0) is 15.6. The Hall–Kier alpha value is -2.44. The van der Waals surface area contributed by atoms with E-state index in [0.717, 1.165) is 11.5 Å². The molecule has 7 nitrogen and oxygen atoms in total. The number of rotatable bonds is 5. The quantitative estimate of drug-likeness (QED) is 0.651. The number of anilines is 1. The predicted octanol–water partition coefficient (Wildman–Crippen LogP) is 3.14. The maximum atomic E-state index is 10.8. The molecule has 112 valence electrons. The number of nitro groups is 1. The molecule has 2 rings (SSSR count). The maximum Gasteiger partial charge on any atom is 0.272 e. The molecule has 2 N–H and O–H groups in total. The molecule has 0 aliphatic rings. The monoisotopic (exact) mass is 289 g/mol. The highest BCUT2D eigenvalue weighted by Gasteiger charge is 2.20. The van der Waals surface area contributed by atoms with E-state index in [1.807, 2.05) is 6.92 Å². The number of H-pyrrole nitrogens is 1. The Morgan fingerprint density at radius 2 is 2.05 bits per heavy atom. The van der Waals surface area contributed by atoms with Gasteiger partial charge in [-0.1, -0.05) is 13.8 Å². The lowest BCUT2D eigenvalue weighted by Gasteiger charge is -2.20. The number of nitro benzene ring substituents is 1. The van der Waals surface area contributed by atoms with Crippen LogP contribution in [0.3, 0.4) is 0 Å². The Labute approximate surface area is 122 Å². The van der Waals surface area contributed by atoms with Crippen LogP contribution in [0.1, 0.15) is 37.1 Å². The van der Waals surface area contributed by atoms with Gasteiger partial charge in [-0.2, -0.15) is 5.10 Å². The van der Waals surface area contributed by atoms with E-state index in [2.05, 4.69) is 34.3 Å². The minimum Gasteiger partial charge on any atom is -0.375 e. The number of aromatic nitrogens is 3. The van der Waals surface area contributed by atoms with Crippen molar-refractivity contribution in [3.05, 3.63) is 45.5 Å². The van der Waals surface area contributed by atoms with Crippen LogP contribution in [0.25, 0.3) is 0 Å². The topological polar surface area (TPSA) is 96.7 Å². The fraction of sp³-hybridized carbons (Fsp3) is 0.429. The van der Waals surface area contributed by atoms with E-state index in [-0.39, 0.29) is 22.6 Å². The Bertz CT molecular complexity index is 651. The molecule has 7 heteroatoms. The van der Waals surface area contributed by atoms with Crippen LogP contribution in [0.2, 0.25) is 0 Å². The molecule has 0 saturated carbocycles. The van der Waals surface area contributed by atoms with Crippen molar-refractivity contribution in [1.29, 1.82) is 0 Å². The summed E-state index contributed by atoms with van der Waals surface area (Å²) in [6.45, 7) is 7.72. The van der Waals surface area contributed by atoms with Gasteiger partial charge in [0.25, 0.3) is 5.69 Å². The van der Waals surface area contributed by atoms with E-state index >= 15 is 0 Å². The van der Waals surface area contributed by atoms with E-state index in [4.69, 9.17) is 0 Å². The summed E-state index contributed by atoms with van der Waals surface area (Å²) in [6, 6.07) is 4.93. The summed E-state index contributed by atoms with van der Waals surface area (Å²) in [5.74, 6) is 1.73. The number of benzene rings is 1. The van der Waals surface area contributed by atoms with E-state index in [1.165, 1.54) is 6.07 Å². The molecule has 1 aromatic heterocycles. The molecule has 0 fully saturated rings. The van der Waals surface area contributed by atoms with Gasteiger partial charge in [-0.05, 0) is 31.9 Å². The van der Waals surface area contributed by atoms with Gasteiger partial charge in [-0.3, -0.25) is 15.2 Å². The lowest BCUT2D eigenvalue weighted by Crippen LogP contribution is -2.18. The Kier molecular flexibility index (Phi) is 4.21. The van der Waals surface area contributed by atoms with Crippen molar-refractivity contribution >= 4 is 11.4 Å². The van der Waals surface area contributed by atoms with Gasteiger partial charge in [0.1, 0.15) is 5.82 Å². The second-order valence-corrected chi connectivity index (χ2v) is 5.40. The Balaban J connectivity index is 2.25. The fourth-order valence-electron chi connectivity index (χ4n) is 2.16. The van der Waals surface area contributed by atoms with Crippen LogP contribution in [0, 0.1) is 29.9 Å². The summed E-state index contributed by atoms with van der Waals surface area (Å²) in [6.07, 6.45) is 0. The third-order valence-corrected chi connectivity index (χ3v) is 3.28. The highest BCUT2D eigenvalue weighted by atomic mass is 16.6. The largest absolute Gasteiger partial charge is 0.375 e. The average Bonchev–Trinajstić information content (AvgIpc) is 2.81. The Morgan fingerprint density at radius 3 is 2.52 bits per heavy atom. The molecule has 0 amide bonds. The first-order chi connectivity index (χ1) is 9.88. The minimum atomic E-state index is -0.377. The van der Waals surface area contributed by atoms with Crippen molar-refractivity contribution in [2.45, 2.75) is 33.7 Å². The van der Waals surface area contributed by atoms with Gasteiger partial charge in [0.15, 0.2) is 5.82 Å². The summed E-state index contributed by atoms with van der Waals surface area (Å²) < 4.78 is 0. The molecule has 0 aliphatic heterocycles. The molecular formula is C14H19N5O2. The van der Waals surface area contributed by atoms with Gasteiger partial charge in [0.2, 0.25) is 0 Å².